The lowest BCUT2D eigenvalue weighted by Gasteiger charge is -2.20. The average Bonchev–Trinajstić information content (AvgIpc) is 3.25. The Morgan fingerprint density at radius 3 is 2.77 bits per heavy atom. The highest BCUT2D eigenvalue weighted by atomic mass is 16.7. The van der Waals surface area contributed by atoms with Crippen LogP contribution in [-0.2, 0) is 9.53 Å². The minimum atomic E-state index is -0.813. The molecule has 1 aliphatic rings. The van der Waals surface area contributed by atoms with Gasteiger partial charge in [0.1, 0.15) is 18.5 Å². The Kier molecular flexibility index (Phi) is 7.68. The highest BCUT2D eigenvalue weighted by Crippen LogP contribution is 2.35. The second-order valence-electron chi connectivity index (χ2n) is 6.31. The second-order valence-corrected chi connectivity index (χ2v) is 6.31. The number of fused-ring (bicyclic) bond motifs is 1. The smallest absolute Gasteiger partial charge is 0.412 e. The molecule has 10 heteroatoms. The third-order valence-electron chi connectivity index (χ3n) is 4.21. The van der Waals surface area contributed by atoms with Gasteiger partial charge in [-0.1, -0.05) is 24.3 Å². The Balaban J connectivity index is 1.75. The summed E-state index contributed by atoms with van der Waals surface area (Å²) in [7, 11) is 0. The molecule has 164 valence electrons. The van der Waals surface area contributed by atoms with E-state index in [0.717, 1.165) is 6.08 Å². The number of ether oxygens (including phenoxy) is 4. The third kappa shape index (κ3) is 6.11. The molecule has 2 amide bonds. The van der Waals surface area contributed by atoms with Crippen molar-refractivity contribution in [3.63, 3.8) is 0 Å². The molecular formula is C21H22N2O8. The molecule has 2 aromatic rings. The SMILES string of the molecule is O=C(/C=C/C[C@@H](OC(=O)Nc1ccc2c(c1)OCO2)c1ccccc1OCCO)NO. The summed E-state index contributed by atoms with van der Waals surface area (Å²) >= 11 is 0. The van der Waals surface area contributed by atoms with Crippen molar-refractivity contribution in [2.45, 2.75) is 12.5 Å². The van der Waals surface area contributed by atoms with E-state index >= 15 is 0 Å². The number of hydrogen-bond acceptors (Lipinski definition) is 8. The van der Waals surface area contributed by atoms with Gasteiger partial charge in [-0.05, 0) is 18.2 Å². The first-order valence-corrected chi connectivity index (χ1v) is 9.41. The topological polar surface area (TPSA) is 136 Å². The lowest BCUT2D eigenvalue weighted by Crippen LogP contribution is -2.19. The summed E-state index contributed by atoms with van der Waals surface area (Å²) in [6.07, 6.45) is 1.14. The minimum Gasteiger partial charge on any atom is -0.491 e. The van der Waals surface area contributed by atoms with E-state index in [1.165, 1.54) is 11.6 Å². The van der Waals surface area contributed by atoms with E-state index in [2.05, 4.69) is 5.32 Å². The number of hydrogen-bond donors (Lipinski definition) is 4. The van der Waals surface area contributed by atoms with Crippen LogP contribution in [0.5, 0.6) is 17.2 Å². The molecular weight excluding hydrogens is 408 g/mol. The number of anilines is 1. The van der Waals surface area contributed by atoms with Gasteiger partial charge in [0.25, 0.3) is 5.91 Å². The van der Waals surface area contributed by atoms with Gasteiger partial charge in [0, 0.05) is 29.8 Å². The largest absolute Gasteiger partial charge is 0.491 e. The van der Waals surface area contributed by atoms with Gasteiger partial charge in [0.05, 0.1) is 6.61 Å². The predicted octanol–water partition coefficient (Wildman–Crippen LogP) is 2.53. The van der Waals surface area contributed by atoms with Gasteiger partial charge in [-0.25, -0.2) is 10.3 Å². The molecule has 0 fully saturated rings. The summed E-state index contributed by atoms with van der Waals surface area (Å²) in [5, 5.41) is 20.3. The molecule has 0 saturated carbocycles. The number of benzene rings is 2. The molecule has 4 N–H and O–H groups in total. The van der Waals surface area contributed by atoms with Crippen LogP contribution in [0.3, 0.4) is 0 Å². The number of amides is 2. The molecule has 10 nitrogen and oxygen atoms in total. The van der Waals surface area contributed by atoms with Crippen LogP contribution in [0, 0.1) is 0 Å². The normalized spacial score (nSPS) is 13.0. The van der Waals surface area contributed by atoms with Crippen LogP contribution in [0.25, 0.3) is 0 Å². The molecule has 3 rings (SSSR count). The fraction of sp³-hybridized carbons (Fsp3) is 0.238. The van der Waals surface area contributed by atoms with Crippen LogP contribution in [0.15, 0.2) is 54.6 Å². The fourth-order valence-electron chi connectivity index (χ4n) is 2.86. The Hall–Kier alpha value is -3.76. The first-order valence-electron chi connectivity index (χ1n) is 9.41. The van der Waals surface area contributed by atoms with E-state index < -0.39 is 18.1 Å². The van der Waals surface area contributed by atoms with E-state index in [-0.39, 0.29) is 26.4 Å². The van der Waals surface area contributed by atoms with Crippen LogP contribution < -0.4 is 25.0 Å². The molecule has 0 aromatic heterocycles. The highest BCUT2D eigenvalue weighted by molar-refractivity contribution is 5.86. The summed E-state index contributed by atoms with van der Waals surface area (Å²) in [4.78, 5) is 23.8. The molecule has 0 aliphatic carbocycles. The van der Waals surface area contributed by atoms with Crippen LogP contribution in [0.1, 0.15) is 18.1 Å². The minimum absolute atomic E-state index is 0.0654. The molecule has 1 aliphatic heterocycles. The van der Waals surface area contributed by atoms with Crippen molar-refractivity contribution in [3.05, 3.63) is 60.2 Å². The van der Waals surface area contributed by atoms with Crippen molar-refractivity contribution in [3.8, 4) is 17.2 Å². The Labute approximate surface area is 177 Å². The van der Waals surface area contributed by atoms with Crippen molar-refractivity contribution >= 4 is 17.7 Å². The molecule has 31 heavy (non-hydrogen) atoms. The summed E-state index contributed by atoms with van der Waals surface area (Å²) < 4.78 is 21.7. The maximum atomic E-state index is 12.5. The molecule has 0 bridgehead atoms. The summed E-state index contributed by atoms with van der Waals surface area (Å²) in [6, 6.07) is 11.8. The lowest BCUT2D eigenvalue weighted by atomic mass is 10.0. The van der Waals surface area contributed by atoms with Gasteiger partial charge >= 0.3 is 6.09 Å². The highest BCUT2D eigenvalue weighted by Gasteiger charge is 2.21. The fourth-order valence-corrected chi connectivity index (χ4v) is 2.86. The van der Waals surface area contributed by atoms with Crippen molar-refractivity contribution in [1.82, 2.24) is 5.48 Å². The van der Waals surface area contributed by atoms with E-state index in [9.17, 15) is 9.59 Å². The molecule has 0 radical (unpaired) electrons. The van der Waals surface area contributed by atoms with Crippen molar-refractivity contribution in [2.75, 3.05) is 25.3 Å². The number of aliphatic hydroxyl groups is 1. The maximum Gasteiger partial charge on any atom is 0.412 e. The average molecular weight is 430 g/mol. The van der Waals surface area contributed by atoms with E-state index in [1.54, 1.807) is 42.5 Å². The number of rotatable bonds is 9. The maximum absolute atomic E-state index is 12.5. The second kappa shape index (κ2) is 10.9. The van der Waals surface area contributed by atoms with Gasteiger partial charge in [-0.15, -0.1) is 0 Å². The molecule has 2 aromatic carbocycles. The van der Waals surface area contributed by atoms with Crippen LogP contribution in [-0.4, -0.2) is 42.3 Å². The van der Waals surface area contributed by atoms with Gasteiger partial charge < -0.3 is 24.1 Å². The van der Waals surface area contributed by atoms with Crippen molar-refractivity contribution < 1.29 is 38.9 Å². The molecule has 1 heterocycles. The number of hydroxylamine groups is 1. The van der Waals surface area contributed by atoms with Crippen molar-refractivity contribution in [2.24, 2.45) is 0 Å². The molecule has 0 spiro atoms. The number of aliphatic hydroxyl groups excluding tert-OH is 1. The van der Waals surface area contributed by atoms with Crippen LogP contribution >= 0.6 is 0 Å². The van der Waals surface area contributed by atoms with Gasteiger partial charge in [-0.2, -0.15) is 0 Å². The van der Waals surface area contributed by atoms with Gasteiger partial charge in [0.2, 0.25) is 6.79 Å². The number of nitrogens with one attached hydrogen (secondary N) is 2. The van der Waals surface area contributed by atoms with Crippen LogP contribution in [0.4, 0.5) is 10.5 Å². The number of carbonyl (C=O) groups excluding carboxylic acids is 2. The first-order chi connectivity index (χ1) is 15.1. The first kappa shape index (κ1) is 21.9. The lowest BCUT2D eigenvalue weighted by molar-refractivity contribution is -0.124. The van der Waals surface area contributed by atoms with E-state index in [0.29, 0.717) is 28.5 Å². The molecule has 0 unspecified atom stereocenters. The Morgan fingerprint density at radius 1 is 1.16 bits per heavy atom. The number of carbonyl (C=O) groups is 2. The van der Waals surface area contributed by atoms with Gasteiger partial charge in [-0.3, -0.25) is 15.3 Å². The zero-order valence-corrected chi connectivity index (χ0v) is 16.4. The molecule has 1 atom stereocenters. The Morgan fingerprint density at radius 2 is 1.97 bits per heavy atom. The zero-order valence-electron chi connectivity index (χ0n) is 16.4. The quantitative estimate of drug-likeness (QED) is 0.271. The summed E-state index contributed by atoms with van der Waals surface area (Å²) in [5.74, 6) is 0.805. The van der Waals surface area contributed by atoms with Gasteiger partial charge in [0.15, 0.2) is 11.5 Å². The zero-order chi connectivity index (χ0) is 22.1. The van der Waals surface area contributed by atoms with Crippen LogP contribution in [0.2, 0.25) is 0 Å². The van der Waals surface area contributed by atoms with E-state index in [4.69, 9.17) is 29.3 Å². The standard InChI is InChI=1S/C21H22N2O8/c24-10-11-28-16-5-2-1-4-15(16)17(6-3-7-20(25)23-27)31-21(26)22-14-8-9-18-19(12-14)30-13-29-18/h1-5,7-9,12,17,24,27H,6,10-11,13H2,(H,22,26)(H,23,25)/b7-3+/t17-/m1/s1. The Bertz CT molecular complexity index is 947. The molecule has 0 saturated heterocycles. The third-order valence-corrected chi connectivity index (χ3v) is 4.21. The van der Waals surface area contributed by atoms with E-state index in [1.807, 2.05) is 0 Å². The monoisotopic (exact) mass is 430 g/mol. The summed E-state index contributed by atoms with van der Waals surface area (Å²) in [6.45, 7) is 0.000595. The predicted molar refractivity (Wildman–Crippen MR) is 108 cm³/mol. The van der Waals surface area contributed by atoms with Crippen molar-refractivity contribution in [1.29, 1.82) is 0 Å². The summed E-state index contributed by atoms with van der Waals surface area (Å²) in [5.41, 5.74) is 2.49. The number of para-hydroxylation sites is 1.